The highest BCUT2D eigenvalue weighted by molar-refractivity contribution is 7.92. The predicted molar refractivity (Wildman–Crippen MR) is 92.0 cm³/mol. The molecule has 7 nitrogen and oxygen atoms in total. The lowest BCUT2D eigenvalue weighted by Crippen LogP contribution is -2.10. The van der Waals surface area contributed by atoms with Crippen molar-refractivity contribution < 1.29 is 18.3 Å². The van der Waals surface area contributed by atoms with Crippen LogP contribution in [0.15, 0.2) is 36.4 Å². The number of rotatable bonds is 4. The minimum Gasteiger partial charge on any atom is -0.478 e. The van der Waals surface area contributed by atoms with Gasteiger partial charge in [0.2, 0.25) is 10.0 Å². The summed E-state index contributed by atoms with van der Waals surface area (Å²) in [6.45, 7) is 0. The van der Waals surface area contributed by atoms with E-state index in [4.69, 9.17) is 16.7 Å². The van der Waals surface area contributed by atoms with Crippen molar-refractivity contribution in [1.82, 2.24) is 9.97 Å². The molecule has 3 aromatic rings. The number of hydrogen-bond donors (Lipinski definition) is 3. The molecule has 2 aromatic carbocycles. The molecule has 0 spiro atoms. The Morgan fingerprint density at radius 2 is 2.04 bits per heavy atom. The van der Waals surface area contributed by atoms with E-state index in [1.54, 1.807) is 24.3 Å². The van der Waals surface area contributed by atoms with E-state index in [-0.39, 0.29) is 11.3 Å². The third kappa shape index (κ3) is 3.19. The van der Waals surface area contributed by atoms with Crippen molar-refractivity contribution in [1.29, 1.82) is 0 Å². The molecular weight excluding hydrogens is 354 g/mol. The Kier molecular flexibility index (Phi) is 3.94. The van der Waals surface area contributed by atoms with Crippen LogP contribution in [0.25, 0.3) is 22.4 Å². The van der Waals surface area contributed by atoms with Gasteiger partial charge >= 0.3 is 5.97 Å². The summed E-state index contributed by atoms with van der Waals surface area (Å²) < 4.78 is 25.5. The highest BCUT2D eigenvalue weighted by Crippen LogP contribution is 2.34. The number of halogens is 1. The number of hydrogen-bond acceptors (Lipinski definition) is 4. The first-order valence-corrected chi connectivity index (χ1v) is 9.01. The molecule has 0 aliphatic heterocycles. The monoisotopic (exact) mass is 365 g/mol. The molecular formula is C15H12ClN3O4S. The van der Waals surface area contributed by atoms with Crippen LogP contribution in [0.2, 0.25) is 5.02 Å². The molecule has 3 N–H and O–H groups in total. The third-order valence-corrected chi connectivity index (χ3v) is 4.18. The summed E-state index contributed by atoms with van der Waals surface area (Å²) in [4.78, 5) is 18.4. The van der Waals surface area contributed by atoms with Crippen LogP contribution in [0.3, 0.4) is 0 Å². The average Bonchev–Trinajstić information content (AvgIpc) is 2.87. The Balaban J connectivity index is 2.18. The normalized spacial score (nSPS) is 11.6. The number of sulfonamides is 1. The van der Waals surface area contributed by atoms with Gasteiger partial charge in [0.05, 0.1) is 39.1 Å². The van der Waals surface area contributed by atoms with E-state index < -0.39 is 16.0 Å². The number of nitrogens with zero attached hydrogens (tertiary/aromatic N) is 1. The Hall–Kier alpha value is -2.58. The Labute approximate surface area is 142 Å². The Morgan fingerprint density at radius 1 is 1.29 bits per heavy atom. The molecule has 9 heteroatoms. The lowest BCUT2D eigenvalue weighted by Gasteiger charge is -2.10. The van der Waals surface area contributed by atoms with Gasteiger partial charge in [-0.3, -0.25) is 4.72 Å². The van der Waals surface area contributed by atoms with Crippen molar-refractivity contribution >= 4 is 44.3 Å². The number of aromatic amines is 1. The largest absolute Gasteiger partial charge is 0.478 e. The van der Waals surface area contributed by atoms with Gasteiger partial charge in [0.25, 0.3) is 0 Å². The van der Waals surface area contributed by atoms with Crippen LogP contribution in [0.1, 0.15) is 10.4 Å². The maximum atomic E-state index is 11.5. The summed E-state index contributed by atoms with van der Waals surface area (Å²) in [7, 11) is -3.50. The summed E-state index contributed by atoms with van der Waals surface area (Å²) in [5, 5.41) is 9.36. The number of nitrogens with one attached hydrogen (secondary N) is 2. The number of carbonyl (C=O) groups is 1. The zero-order valence-corrected chi connectivity index (χ0v) is 13.9. The van der Waals surface area contributed by atoms with Crippen LogP contribution in [-0.4, -0.2) is 35.7 Å². The number of H-pyrrole nitrogens is 1. The molecule has 124 valence electrons. The first kappa shape index (κ1) is 16.3. The summed E-state index contributed by atoms with van der Waals surface area (Å²) in [5.74, 6) is -0.713. The second-order valence-corrected chi connectivity index (χ2v) is 7.31. The highest BCUT2D eigenvalue weighted by atomic mass is 35.5. The summed E-state index contributed by atoms with van der Waals surface area (Å²) in [6, 6.07) is 9.26. The van der Waals surface area contributed by atoms with Crippen molar-refractivity contribution in [3.05, 3.63) is 47.0 Å². The van der Waals surface area contributed by atoms with E-state index in [1.807, 2.05) is 0 Å². The first-order chi connectivity index (χ1) is 11.2. The molecule has 3 rings (SSSR count). The van der Waals surface area contributed by atoms with E-state index in [9.17, 15) is 13.2 Å². The Morgan fingerprint density at radius 3 is 2.71 bits per heavy atom. The third-order valence-electron chi connectivity index (χ3n) is 3.27. The number of imidazole rings is 1. The predicted octanol–water partition coefficient (Wildman–Crippen LogP) is 2.95. The number of aromatic carboxylic acids is 1. The number of aromatic nitrogens is 2. The second kappa shape index (κ2) is 5.81. The molecule has 1 heterocycles. The molecule has 0 radical (unpaired) electrons. The molecule has 24 heavy (non-hydrogen) atoms. The van der Waals surface area contributed by atoms with Crippen LogP contribution in [0.4, 0.5) is 5.69 Å². The molecule has 0 atom stereocenters. The molecule has 0 aliphatic rings. The van der Waals surface area contributed by atoms with Crippen LogP contribution in [0, 0.1) is 0 Å². The maximum Gasteiger partial charge on any atom is 0.335 e. The highest BCUT2D eigenvalue weighted by Gasteiger charge is 2.16. The number of anilines is 1. The first-order valence-electron chi connectivity index (χ1n) is 6.74. The zero-order chi connectivity index (χ0) is 17.5. The minimum absolute atomic E-state index is 0.117. The lowest BCUT2D eigenvalue weighted by atomic mass is 10.2. The molecule has 0 aliphatic carbocycles. The van der Waals surface area contributed by atoms with Gasteiger partial charge in [-0.05, 0) is 30.3 Å². The van der Waals surface area contributed by atoms with E-state index in [2.05, 4.69) is 14.7 Å². The molecule has 0 amide bonds. The van der Waals surface area contributed by atoms with Gasteiger partial charge in [-0.15, -0.1) is 0 Å². The number of benzene rings is 2. The van der Waals surface area contributed by atoms with Crippen molar-refractivity contribution in [3.63, 3.8) is 0 Å². The van der Waals surface area contributed by atoms with Crippen LogP contribution >= 0.6 is 11.6 Å². The quantitative estimate of drug-likeness (QED) is 0.658. The van der Waals surface area contributed by atoms with E-state index >= 15 is 0 Å². The number of carboxylic acid groups (broad SMARTS) is 1. The van der Waals surface area contributed by atoms with Crippen LogP contribution in [-0.2, 0) is 10.0 Å². The maximum absolute atomic E-state index is 11.5. The second-order valence-electron chi connectivity index (χ2n) is 5.16. The van der Waals surface area contributed by atoms with Crippen molar-refractivity contribution in [2.75, 3.05) is 11.0 Å². The van der Waals surface area contributed by atoms with Gasteiger partial charge in [-0.1, -0.05) is 17.7 Å². The van der Waals surface area contributed by atoms with E-state index in [0.29, 0.717) is 27.4 Å². The SMILES string of the molecule is CS(=O)(=O)Nc1cccc(Cl)c1-c1nc2ccc(C(=O)O)cc2[nH]1. The average molecular weight is 366 g/mol. The van der Waals surface area contributed by atoms with Crippen molar-refractivity contribution in [2.45, 2.75) is 0 Å². The van der Waals surface area contributed by atoms with Crippen molar-refractivity contribution in [2.24, 2.45) is 0 Å². The zero-order valence-electron chi connectivity index (χ0n) is 12.4. The van der Waals surface area contributed by atoms with E-state index in [1.165, 1.54) is 12.1 Å². The summed E-state index contributed by atoms with van der Waals surface area (Å²) >= 11 is 6.21. The van der Waals surface area contributed by atoms with Gasteiger partial charge in [0, 0.05) is 0 Å². The smallest absolute Gasteiger partial charge is 0.335 e. The van der Waals surface area contributed by atoms with Gasteiger partial charge in [0.1, 0.15) is 5.82 Å². The van der Waals surface area contributed by atoms with E-state index in [0.717, 1.165) is 6.26 Å². The fourth-order valence-corrected chi connectivity index (χ4v) is 3.14. The molecule has 0 saturated carbocycles. The number of fused-ring (bicyclic) bond motifs is 1. The molecule has 0 unspecified atom stereocenters. The topological polar surface area (TPSA) is 112 Å². The van der Waals surface area contributed by atoms with Gasteiger partial charge in [-0.2, -0.15) is 0 Å². The summed E-state index contributed by atoms with van der Waals surface area (Å²) in [5.41, 5.74) is 1.84. The summed E-state index contributed by atoms with van der Waals surface area (Å²) in [6.07, 6.45) is 1.04. The molecule has 0 saturated heterocycles. The standard InChI is InChI=1S/C15H12ClN3O4S/c1-24(22,23)19-11-4-2-3-9(16)13(11)14-17-10-6-5-8(15(20)21)7-12(10)18-14/h2-7,19H,1H3,(H,17,18)(H,20,21). The van der Waals surface area contributed by atoms with Crippen LogP contribution < -0.4 is 4.72 Å². The Bertz CT molecular complexity index is 1060. The van der Waals surface area contributed by atoms with Gasteiger partial charge in [-0.25, -0.2) is 18.2 Å². The molecule has 0 bridgehead atoms. The lowest BCUT2D eigenvalue weighted by molar-refractivity contribution is 0.0697. The fraction of sp³-hybridized carbons (Fsp3) is 0.0667. The molecule has 1 aromatic heterocycles. The van der Waals surface area contributed by atoms with Crippen LogP contribution in [0.5, 0.6) is 0 Å². The fourth-order valence-electron chi connectivity index (χ4n) is 2.31. The molecule has 0 fully saturated rings. The number of carboxylic acids is 1. The van der Waals surface area contributed by atoms with Crippen molar-refractivity contribution in [3.8, 4) is 11.4 Å². The van der Waals surface area contributed by atoms with Gasteiger partial charge < -0.3 is 10.1 Å². The minimum atomic E-state index is -3.50. The van der Waals surface area contributed by atoms with Gasteiger partial charge in [0.15, 0.2) is 0 Å².